The Labute approximate surface area is 174 Å². The Morgan fingerprint density at radius 3 is 2.52 bits per heavy atom. The number of ether oxygens (including phenoxy) is 3. The van der Waals surface area contributed by atoms with E-state index in [0.29, 0.717) is 18.8 Å². The standard InChI is InChI=1S/C25H32O4/c1-5-22(16-19(2)28-15-14-26)20(3)25(27-4)23-12-9-13-24(17-23)29-18-21-10-7-6-8-11-21/h6-13,17,22,26H,2,5,14-16,18H2,1,3-4H3/b25-20+. The molecule has 2 rings (SSSR count). The molecule has 0 saturated heterocycles. The molecule has 0 saturated carbocycles. The number of hydrogen-bond donors (Lipinski definition) is 1. The molecule has 1 N–H and O–H groups in total. The Kier molecular flexibility index (Phi) is 9.32. The molecule has 0 heterocycles. The molecule has 156 valence electrons. The lowest BCUT2D eigenvalue weighted by Gasteiger charge is -2.21. The molecular formula is C25H32O4. The fourth-order valence-electron chi connectivity index (χ4n) is 3.29. The van der Waals surface area contributed by atoms with Crippen molar-refractivity contribution in [2.24, 2.45) is 5.92 Å². The zero-order chi connectivity index (χ0) is 21.1. The second-order valence-corrected chi connectivity index (χ2v) is 6.94. The van der Waals surface area contributed by atoms with E-state index in [9.17, 15) is 0 Å². The van der Waals surface area contributed by atoms with Gasteiger partial charge in [0.1, 0.15) is 24.7 Å². The van der Waals surface area contributed by atoms with Gasteiger partial charge in [-0.2, -0.15) is 0 Å². The van der Waals surface area contributed by atoms with E-state index in [-0.39, 0.29) is 19.1 Å². The quantitative estimate of drug-likeness (QED) is 0.476. The molecular weight excluding hydrogens is 364 g/mol. The van der Waals surface area contributed by atoms with E-state index in [1.165, 1.54) is 0 Å². The maximum absolute atomic E-state index is 8.93. The van der Waals surface area contributed by atoms with Crippen LogP contribution in [0.1, 0.15) is 37.8 Å². The van der Waals surface area contributed by atoms with Crippen LogP contribution in [-0.4, -0.2) is 25.4 Å². The summed E-state index contributed by atoms with van der Waals surface area (Å²) in [4.78, 5) is 0. The van der Waals surface area contributed by atoms with Gasteiger partial charge in [0.25, 0.3) is 0 Å². The lowest BCUT2D eigenvalue weighted by molar-refractivity contribution is 0.136. The highest BCUT2D eigenvalue weighted by Gasteiger charge is 2.17. The molecule has 0 spiro atoms. The fraction of sp³-hybridized carbons (Fsp3) is 0.360. The highest BCUT2D eigenvalue weighted by Crippen LogP contribution is 2.31. The summed E-state index contributed by atoms with van der Waals surface area (Å²) in [5.74, 6) is 2.57. The van der Waals surface area contributed by atoms with Crippen molar-refractivity contribution in [3.8, 4) is 5.75 Å². The Bertz CT molecular complexity index is 795. The number of methoxy groups -OCH3 is 1. The molecule has 4 nitrogen and oxygen atoms in total. The summed E-state index contributed by atoms with van der Waals surface area (Å²) in [6.07, 6.45) is 1.63. The molecule has 1 atom stereocenters. The molecule has 0 aliphatic rings. The van der Waals surface area contributed by atoms with Crippen LogP contribution >= 0.6 is 0 Å². The largest absolute Gasteiger partial charge is 0.496 e. The molecule has 2 aromatic carbocycles. The minimum Gasteiger partial charge on any atom is -0.496 e. The summed E-state index contributed by atoms with van der Waals surface area (Å²) in [6.45, 7) is 8.98. The monoisotopic (exact) mass is 396 g/mol. The number of aliphatic hydroxyl groups excluding tert-OH is 1. The Morgan fingerprint density at radius 2 is 1.86 bits per heavy atom. The second kappa shape index (κ2) is 12.0. The third kappa shape index (κ3) is 6.99. The van der Waals surface area contributed by atoms with Gasteiger partial charge in [0.05, 0.1) is 19.5 Å². The molecule has 4 heteroatoms. The van der Waals surface area contributed by atoms with Crippen molar-refractivity contribution in [2.45, 2.75) is 33.3 Å². The SMILES string of the molecule is C=C(CC(CC)/C(C)=C(/OC)c1cccc(OCc2ccccc2)c1)OCCO. The van der Waals surface area contributed by atoms with Crippen molar-refractivity contribution < 1.29 is 19.3 Å². The van der Waals surface area contributed by atoms with Crippen LogP contribution in [0.25, 0.3) is 5.76 Å². The molecule has 0 radical (unpaired) electrons. The summed E-state index contributed by atoms with van der Waals surface area (Å²) in [5.41, 5.74) is 3.25. The van der Waals surface area contributed by atoms with Gasteiger partial charge in [0.2, 0.25) is 0 Å². The van der Waals surface area contributed by atoms with Gasteiger partial charge in [-0.15, -0.1) is 0 Å². The van der Waals surface area contributed by atoms with Gasteiger partial charge in [-0.25, -0.2) is 0 Å². The fourth-order valence-corrected chi connectivity index (χ4v) is 3.29. The van der Waals surface area contributed by atoms with Gasteiger partial charge in [0.15, 0.2) is 0 Å². The Hall–Kier alpha value is -2.72. The zero-order valence-electron chi connectivity index (χ0n) is 17.7. The van der Waals surface area contributed by atoms with Gasteiger partial charge in [-0.1, -0.05) is 56.0 Å². The first kappa shape index (κ1) is 22.6. The Morgan fingerprint density at radius 1 is 1.10 bits per heavy atom. The Balaban J connectivity index is 2.16. The molecule has 2 aromatic rings. The first-order chi connectivity index (χ1) is 14.1. The van der Waals surface area contributed by atoms with E-state index in [0.717, 1.165) is 34.6 Å². The van der Waals surface area contributed by atoms with Crippen LogP contribution in [0.4, 0.5) is 0 Å². The summed E-state index contributed by atoms with van der Waals surface area (Å²) in [5, 5.41) is 8.93. The lowest BCUT2D eigenvalue weighted by Crippen LogP contribution is -2.08. The molecule has 29 heavy (non-hydrogen) atoms. The summed E-state index contributed by atoms with van der Waals surface area (Å²) in [6, 6.07) is 18.1. The highest BCUT2D eigenvalue weighted by molar-refractivity contribution is 5.64. The van der Waals surface area contributed by atoms with Gasteiger partial charge in [-0.3, -0.25) is 0 Å². The average molecular weight is 397 g/mol. The third-order valence-corrected chi connectivity index (χ3v) is 4.88. The van der Waals surface area contributed by atoms with Gasteiger partial charge in [0, 0.05) is 12.0 Å². The predicted molar refractivity (Wildman–Crippen MR) is 117 cm³/mol. The van der Waals surface area contributed by atoms with Crippen molar-refractivity contribution in [1.82, 2.24) is 0 Å². The van der Waals surface area contributed by atoms with Crippen molar-refractivity contribution in [2.75, 3.05) is 20.3 Å². The number of rotatable bonds is 12. The van der Waals surface area contributed by atoms with Crippen molar-refractivity contribution >= 4 is 5.76 Å². The minimum absolute atomic E-state index is 0.0102. The molecule has 0 fully saturated rings. The van der Waals surface area contributed by atoms with Crippen LogP contribution < -0.4 is 4.74 Å². The van der Waals surface area contributed by atoms with E-state index >= 15 is 0 Å². The summed E-state index contributed by atoms with van der Waals surface area (Å²) < 4.78 is 17.2. The predicted octanol–water partition coefficient (Wildman–Crippen LogP) is 5.58. The van der Waals surface area contributed by atoms with Crippen molar-refractivity contribution in [3.05, 3.63) is 83.6 Å². The van der Waals surface area contributed by atoms with Crippen LogP contribution in [0.15, 0.2) is 72.5 Å². The van der Waals surface area contributed by atoms with E-state index < -0.39 is 0 Å². The number of benzene rings is 2. The smallest absolute Gasteiger partial charge is 0.125 e. The molecule has 0 aliphatic carbocycles. The number of hydrogen-bond acceptors (Lipinski definition) is 4. The van der Waals surface area contributed by atoms with Gasteiger partial charge < -0.3 is 19.3 Å². The molecule has 0 amide bonds. The minimum atomic E-state index is -0.0102. The molecule has 1 unspecified atom stereocenters. The second-order valence-electron chi connectivity index (χ2n) is 6.94. The average Bonchev–Trinajstić information content (AvgIpc) is 2.76. The zero-order valence-corrected chi connectivity index (χ0v) is 17.7. The number of allylic oxidation sites excluding steroid dienone is 2. The van der Waals surface area contributed by atoms with E-state index in [2.05, 4.69) is 20.4 Å². The van der Waals surface area contributed by atoms with Crippen molar-refractivity contribution in [3.63, 3.8) is 0 Å². The van der Waals surface area contributed by atoms with E-state index in [4.69, 9.17) is 19.3 Å². The van der Waals surface area contributed by atoms with Crippen molar-refractivity contribution in [1.29, 1.82) is 0 Å². The van der Waals surface area contributed by atoms with E-state index in [1.54, 1.807) is 7.11 Å². The van der Waals surface area contributed by atoms with Crippen LogP contribution in [0.3, 0.4) is 0 Å². The van der Waals surface area contributed by atoms with Crippen LogP contribution in [0.5, 0.6) is 5.75 Å². The number of aliphatic hydroxyl groups is 1. The summed E-state index contributed by atoms with van der Waals surface area (Å²) in [7, 11) is 1.69. The van der Waals surface area contributed by atoms with E-state index in [1.807, 2.05) is 54.6 Å². The first-order valence-electron chi connectivity index (χ1n) is 10.0. The topological polar surface area (TPSA) is 47.9 Å². The van der Waals surface area contributed by atoms with Crippen LogP contribution in [0, 0.1) is 5.92 Å². The van der Waals surface area contributed by atoms with Crippen LogP contribution in [-0.2, 0) is 16.1 Å². The van der Waals surface area contributed by atoms with Gasteiger partial charge >= 0.3 is 0 Å². The van der Waals surface area contributed by atoms with Gasteiger partial charge in [-0.05, 0) is 42.5 Å². The van der Waals surface area contributed by atoms with Crippen LogP contribution in [0.2, 0.25) is 0 Å². The molecule has 0 aromatic heterocycles. The first-order valence-corrected chi connectivity index (χ1v) is 10.0. The summed E-state index contributed by atoms with van der Waals surface area (Å²) >= 11 is 0. The molecule has 0 bridgehead atoms. The normalized spacial score (nSPS) is 12.7. The lowest BCUT2D eigenvalue weighted by atomic mass is 9.91. The maximum atomic E-state index is 8.93. The maximum Gasteiger partial charge on any atom is 0.125 e. The molecule has 0 aliphatic heterocycles. The highest BCUT2D eigenvalue weighted by atomic mass is 16.5. The third-order valence-electron chi connectivity index (χ3n) is 4.88.